The van der Waals surface area contributed by atoms with Gasteiger partial charge in [0.25, 0.3) is 0 Å². The quantitative estimate of drug-likeness (QED) is 0.465. The predicted molar refractivity (Wildman–Crippen MR) is 33.6 cm³/mol. The summed E-state index contributed by atoms with van der Waals surface area (Å²) in [6.07, 6.45) is 0. The minimum absolute atomic E-state index is 0. The molecule has 0 saturated carbocycles. The predicted octanol–water partition coefficient (Wildman–Crippen LogP) is -8.63. The standard InChI is InChI=1S/C7H4O6.2Na/c8-3-1-4(6(9)10)13-5(2-3)7(11)12;;/h1-2H,(H,9,10)(H,11,12);;/q;2*+1/p-2. The number of carboxylic acids is 2. The Morgan fingerprint density at radius 3 is 1.60 bits per heavy atom. The summed E-state index contributed by atoms with van der Waals surface area (Å²) in [5.74, 6) is -5.21. The van der Waals surface area contributed by atoms with Gasteiger partial charge in [0.2, 0.25) is 0 Å². The molecule has 0 saturated heterocycles. The van der Waals surface area contributed by atoms with Crippen LogP contribution >= 0.6 is 0 Å². The average Bonchev–Trinajstić information content (AvgIpc) is 2.03. The Hall–Kier alpha value is -0.110. The van der Waals surface area contributed by atoms with E-state index in [0.717, 1.165) is 0 Å². The first-order valence-electron chi connectivity index (χ1n) is 3.08. The molecule has 0 bridgehead atoms. The number of carbonyl (C=O) groups is 2. The van der Waals surface area contributed by atoms with Crippen molar-refractivity contribution in [2.45, 2.75) is 0 Å². The third-order valence-corrected chi connectivity index (χ3v) is 1.17. The SMILES string of the molecule is O=C([O-])c1cc(=O)cc(C(=O)[O-])o1.[Na+].[Na+]. The van der Waals surface area contributed by atoms with Crippen molar-refractivity contribution >= 4 is 11.9 Å². The zero-order valence-corrected chi connectivity index (χ0v) is 12.1. The van der Waals surface area contributed by atoms with E-state index in [4.69, 9.17) is 0 Å². The maximum atomic E-state index is 10.7. The molecule has 0 unspecified atom stereocenters. The molecule has 0 aliphatic carbocycles. The molecule has 0 aliphatic heterocycles. The molecule has 0 amide bonds. The van der Waals surface area contributed by atoms with E-state index in [2.05, 4.69) is 4.42 Å². The Kier molecular flexibility index (Phi) is 8.31. The third-order valence-electron chi connectivity index (χ3n) is 1.17. The van der Waals surface area contributed by atoms with Crippen molar-refractivity contribution in [3.63, 3.8) is 0 Å². The summed E-state index contributed by atoms with van der Waals surface area (Å²) in [7, 11) is 0. The maximum Gasteiger partial charge on any atom is 1.00 e. The van der Waals surface area contributed by atoms with Crippen LogP contribution in [0.5, 0.6) is 0 Å². The van der Waals surface area contributed by atoms with Gasteiger partial charge in [-0.2, -0.15) is 0 Å². The molecule has 8 heteroatoms. The molecule has 1 heterocycles. The number of rotatable bonds is 2. The van der Waals surface area contributed by atoms with Gasteiger partial charge in [0.1, 0.15) is 11.9 Å². The molecule has 0 spiro atoms. The molecule has 0 fully saturated rings. The first kappa shape index (κ1) is 17.3. The van der Waals surface area contributed by atoms with Crippen LogP contribution in [-0.4, -0.2) is 11.9 Å². The molecule has 6 nitrogen and oxygen atoms in total. The first-order valence-corrected chi connectivity index (χ1v) is 3.08. The summed E-state index contributed by atoms with van der Waals surface area (Å²) in [6.45, 7) is 0. The number of hydrogen-bond acceptors (Lipinski definition) is 6. The van der Waals surface area contributed by atoms with E-state index in [1.54, 1.807) is 0 Å². The monoisotopic (exact) mass is 228 g/mol. The number of aromatic carboxylic acids is 2. The summed E-state index contributed by atoms with van der Waals surface area (Å²) in [5, 5.41) is 20.3. The second-order valence-electron chi connectivity index (χ2n) is 2.10. The topological polar surface area (TPSA) is 110 Å². The molecule has 0 atom stereocenters. The van der Waals surface area contributed by atoms with Gasteiger partial charge in [-0.25, -0.2) is 0 Å². The van der Waals surface area contributed by atoms with Gasteiger partial charge < -0.3 is 24.2 Å². The molecule has 0 radical (unpaired) electrons. The Morgan fingerprint density at radius 1 is 1.00 bits per heavy atom. The third kappa shape index (κ3) is 4.96. The minimum atomic E-state index is -1.76. The molecule has 0 N–H and O–H groups in total. The average molecular weight is 228 g/mol. The Balaban J connectivity index is 0. The smallest absolute Gasteiger partial charge is 0.542 e. The van der Waals surface area contributed by atoms with E-state index in [9.17, 15) is 24.6 Å². The van der Waals surface area contributed by atoms with Gasteiger partial charge in [0, 0.05) is 12.1 Å². The largest absolute Gasteiger partial charge is 1.00 e. The van der Waals surface area contributed by atoms with E-state index < -0.39 is 28.9 Å². The van der Waals surface area contributed by atoms with Crippen LogP contribution in [0.2, 0.25) is 0 Å². The van der Waals surface area contributed by atoms with Gasteiger partial charge in [0.15, 0.2) is 16.9 Å². The minimum Gasteiger partial charge on any atom is -0.542 e. The van der Waals surface area contributed by atoms with Crippen LogP contribution in [0.25, 0.3) is 0 Å². The Morgan fingerprint density at radius 2 is 1.33 bits per heavy atom. The molecular formula is C7H2Na2O6. The number of carbonyl (C=O) groups excluding carboxylic acids is 2. The molecular weight excluding hydrogens is 226 g/mol. The normalized spacial score (nSPS) is 8.27. The van der Waals surface area contributed by atoms with Crippen LogP contribution in [-0.2, 0) is 0 Å². The fourth-order valence-corrected chi connectivity index (χ4v) is 0.679. The fourth-order valence-electron chi connectivity index (χ4n) is 0.679. The van der Waals surface area contributed by atoms with Crippen molar-refractivity contribution in [2.24, 2.45) is 0 Å². The van der Waals surface area contributed by atoms with Gasteiger partial charge in [-0.05, 0) is 0 Å². The van der Waals surface area contributed by atoms with Crippen molar-refractivity contribution in [1.29, 1.82) is 0 Å². The van der Waals surface area contributed by atoms with E-state index >= 15 is 0 Å². The van der Waals surface area contributed by atoms with Gasteiger partial charge >= 0.3 is 59.1 Å². The molecule has 1 aromatic rings. The Labute approximate surface area is 128 Å². The Bertz CT molecular complexity index is 388. The van der Waals surface area contributed by atoms with Crippen LogP contribution in [0.4, 0.5) is 0 Å². The zero-order chi connectivity index (χ0) is 10.0. The van der Waals surface area contributed by atoms with E-state index in [1.165, 1.54) is 0 Å². The molecule has 1 rings (SSSR count). The van der Waals surface area contributed by atoms with Gasteiger partial charge in [-0.1, -0.05) is 0 Å². The van der Waals surface area contributed by atoms with E-state index in [-0.39, 0.29) is 59.1 Å². The molecule has 0 aliphatic rings. The molecule has 15 heavy (non-hydrogen) atoms. The summed E-state index contributed by atoms with van der Waals surface area (Å²) in [4.78, 5) is 31.0. The van der Waals surface area contributed by atoms with Crippen LogP contribution in [0.1, 0.15) is 21.1 Å². The molecule has 68 valence electrons. The van der Waals surface area contributed by atoms with Gasteiger partial charge in [-0.3, -0.25) is 4.79 Å². The summed E-state index contributed by atoms with van der Waals surface area (Å²) < 4.78 is 4.26. The summed E-state index contributed by atoms with van der Waals surface area (Å²) >= 11 is 0. The van der Waals surface area contributed by atoms with Crippen molar-refractivity contribution < 1.29 is 83.3 Å². The van der Waals surface area contributed by atoms with Crippen LogP contribution in [0.15, 0.2) is 21.3 Å². The van der Waals surface area contributed by atoms with Crippen LogP contribution < -0.4 is 74.8 Å². The fraction of sp³-hybridized carbons (Fsp3) is 0. The summed E-state index contributed by atoms with van der Waals surface area (Å²) in [5.41, 5.74) is -0.801. The van der Waals surface area contributed by atoms with Gasteiger partial charge in [-0.15, -0.1) is 0 Å². The van der Waals surface area contributed by atoms with Crippen molar-refractivity contribution in [1.82, 2.24) is 0 Å². The second kappa shape index (κ2) is 7.21. The number of carboxylic acid groups (broad SMARTS) is 2. The first-order chi connectivity index (χ1) is 6.00. The van der Waals surface area contributed by atoms with Crippen molar-refractivity contribution in [3.05, 3.63) is 33.9 Å². The van der Waals surface area contributed by atoms with E-state index in [1.807, 2.05) is 0 Å². The van der Waals surface area contributed by atoms with Crippen molar-refractivity contribution in [3.8, 4) is 0 Å². The van der Waals surface area contributed by atoms with Gasteiger partial charge in [0.05, 0.1) is 0 Å². The number of hydrogen-bond donors (Lipinski definition) is 0. The molecule has 0 aromatic carbocycles. The maximum absolute atomic E-state index is 10.7. The van der Waals surface area contributed by atoms with Crippen molar-refractivity contribution in [2.75, 3.05) is 0 Å². The molecule has 1 aromatic heterocycles. The zero-order valence-electron chi connectivity index (χ0n) is 8.10. The second-order valence-corrected chi connectivity index (χ2v) is 2.10. The van der Waals surface area contributed by atoms with Crippen LogP contribution in [0.3, 0.4) is 0 Å². The van der Waals surface area contributed by atoms with E-state index in [0.29, 0.717) is 12.1 Å². The van der Waals surface area contributed by atoms with Crippen LogP contribution in [0, 0.1) is 0 Å². The summed E-state index contributed by atoms with van der Waals surface area (Å²) in [6, 6.07) is 1.23.